The third kappa shape index (κ3) is 3.23. The summed E-state index contributed by atoms with van der Waals surface area (Å²) in [6.07, 6.45) is 4.31. The second-order valence-corrected chi connectivity index (χ2v) is 6.40. The average Bonchev–Trinajstić information content (AvgIpc) is 2.75. The van der Waals surface area contributed by atoms with Crippen molar-refractivity contribution < 1.29 is 0 Å². The monoisotopic (exact) mass is 421 g/mol. The van der Waals surface area contributed by atoms with Gasteiger partial charge in [-0.05, 0) is 44.3 Å². The number of pyridine rings is 1. The molecule has 1 atom stereocenters. The largest absolute Gasteiger partial charge is 0.270 e. The predicted octanol–water partition coefficient (Wildman–Crippen LogP) is 3.42. The molecule has 108 valence electrons. The maximum atomic E-state index is 6.26. The summed E-state index contributed by atoms with van der Waals surface area (Å²) in [6.45, 7) is 2.85. The molecule has 0 spiro atoms. The molecular formula is C12H14Br2ClN5. The van der Waals surface area contributed by atoms with Gasteiger partial charge in [-0.2, -0.15) is 5.10 Å². The third-order valence-corrected chi connectivity index (χ3v) is 4.18. The fraction of sp³-hybridized carbons (Fsp3) is 0.333. The van der Waals surface area contributed by atoms with Crippen LogP contribution in [0.1, 0.15) is 30.8 Å². The van der Waals surface area contributed by atoms with Gasteiger partial charge in [0.1, 0.15) is 6.04 Å². The number of hydrogen-bond donors (Lipinski definition) is 2. The number of halogens is 3. The van der Waals surface area contributed by atoms with Crippen molar-refractivity contribution >= 4 is 43.5 Å². The van der Waals surface area contributed by atoms with E-state index in [1.165, 1.54) is 0 Å². The van der Waals surface area contributed by atoms with Crippen LogP contribution >= 0.6 is 43.5 Å². The smallest absolute Gasteiger partial charge is 0.107 e. The predicted molar refractivity (Wildman–Crippen MR) is 86.3 cm³/mol. The van der Waals surface area contributed by atoms with Crippen molar-refractivity contribution in [3.8, 4) is 0 Å². The molecule has 2 heterocycles. The first-order chi connectivity index (χ1) is 9.58. The van der Waals surface area contributed by atoms with E-state index in [-0.39, 0.29) is 6.04 Å². The van der Waals surface area contributed by atoms with Crippen molar-refractivity contribution in [2.45, 2.75) is 25.9 Å². The van der Waals surface area contributed by atoms with Gasteiger partial charge in [-0.15, -0.1) is 0 Å². The Morgan fingerprint density at radius 1 is 1.45 bits per heavy atom. The molecule has 8 heteroatoms. The summed E-state index contributed by atoms with van der Waals surface area (Å²) in [5.41, 5.74) is 4.34. The van der Waals surface area contributed by atoms with E-state index in [1.54, 1.807) is 12.4 Å². The summed E-state index contributed by atoms with van der Waals surface area (Å²) in [7, 11) is 0. The first-order valence-electron chi connectivity index (χ1n) is 6.06. The summed E-state index contributed by atoms with van der Waals surface area (Å²) in [4.78, 5) is 4.41. The molecule has 0 saturated carbocycles. The van der Waals surface area contributed by atoms with Crippen molar-refractivity contribution in [2.24, 2.45) is 5.84 Å². The molecule has 2 aromatic rings. The molecule has 3 N–H and O–H groups in total. The van der Waals surface area contributed by atoms with Crippen LogP contribution in [0.5, 0.6) is 0 Å². The van der Waals surface area contributed by atoms with E-state index in [0.717, 1.165) is 33.3 Å². The summed E-state index contributed by atoms with van der Waals surface area (Å²) in [5, 5.41) is 4.85. The topological polar surface area (TPSA) is 68.8 Å². The minimum absolute atomic E-state index is 0.334. The van der Waals surface area contributed by atoms with Gasteiger partial charge in [0, 0.05) is 21.7 Å². The molecule has 0 fully saturated rings. The number of nitrogens with two attached hydrogens (primary N) is 1. The lowest BCUT2D eigenvalue weighted by Crippen LogP contribution is -2.32. The van der Waals surface area contributed by atoms with Gasteiger partial charge in [0.15, 0.2) is 0 Å². The van der Waals surface area contributed by atoms with E-state index in [1.807, 2.05) is 10.7 Å². The Bertz CT molecular complexity index is 602. The fourth-order valence-corrected chi connectivity index (χ4v) is 3.44. The van der Waals surface area contributed by atoms with Crippen LogP contribution in [0.2, 0.25) is 5.02 Å². The first kappa shape index (κ1) is 15.9. The van der Waals surface area contributed by atoms with Crippen LogP contribution in [0.3, 0.4) is 0 Å². The molecule has 2 aromatic heterocycles. The number of nitrogens with one attached hydrogen (secondary N) is 1. The van der Waals surface area contributed by atoms with Gasteiger partial charge < -0.3 is 0 Å². The van der Waals surface area contributed by atoms with Crippen molar-refractivity contribution in [2.75, 3.05) is 0 Å². The standard InChI is InChI=1S/C12H14Br2ClN5/c1-2-3-20-12(9(15)6-18-20)11(19-16)10-8(14)4-7(13)5-17-10/h4-6,11,19H,2-3,16H2,1H3. The van der Waals surface area contributed by atoms with Gasteiger partial charge >= 0.3 is 0 Å². The number of hydrogen-bond acceptors (Lipinski definition) is 4. The molecule has 0 bridgehead atoms. The van der Waals surface area contributed by atoms with Crippen LogP contribution in [0.25, 0.3) is 0 Å². The Hall–Kier alpha value is -0.470. The number of hydrazine groups is 1. The van der Waals surface area contributed by atoms with E-state index in [9.17, 15) is 0 Å². The highest BCUT2D eigenvalue weighted by Crippen LogP contribution is 2.32. The highest BCUT2D eigenvalue weighted by Gasteiger charge is 2.24. The van der Waals surface area contributed by atoms with Crippen molar-refractivity contribution in [1.29, 1.82) is 0 Å². The number of rotatable bonds is 5. The van der Waals surface area contributed by atoms with Crippen molar-refractivity contribution in [1.82, 2.24) is 20.2 Å². The second-order valence-electron chi connectivity index (χ2n) is 4.22. The molecule has 0 aromatic carbocycles. The lowest BCUT2D eigenvalue weighted by Gasteiger charge is -2.19. The summed E-state index contributed by atoms with van der Waals surface area (Å²) < 4.78 is 3.58. The lowest BCUT2D eigenvalue weighted by atomic mass is 10.1. The van der Waals surface area contributed by atoms with Crippen molar-refractivity contribution in [3.05, 3.63) is 43.8 Å². The van der Waals surface area contributed by atoms with Gasteiger partial charge in [0.2, 0.25) is 0 Å². The van der Waals surface area contributed by atoms with Crippen LogP contribution in [0.15, 0.2) is 27.4 Å². The Morgan fingerprint density at radius 2 is 2.20 bits per heavy atom. The van der Waals surface area contributed by atoms with Crippen LogP contribution in [0.4, 0.5) is 0 Å². The zero-order valence-corrected chi connectivity index (χ0v) is 14.7. The Morgan fingerprint density at radius 3 is 2.80 bits per heavy atom. The minimum atomic E-state index is -0.334. The Labute approximate surface area is 139 Å². The molecule has 2 rings (SSSR count). The molecule has 0 aliphatic carbocycles. The molecule has 0 saturated heterocycles. The van der Waals surface area contributed by atoms with E-state index < -0.39 is 0 Å². The van der Waals surface area contributed by atoms with Crippen LogP contribution in [0, 0.1) is 0 Å². The fourth-order valence-electron chi connectivity index (χ4n) is 1.97. The average molecular weight is 424 g/mol. The lowest BCUT2D eigenvalue weighted by molar-refractivity contribution is 0.514. The molecule has 1 unspecified atom stereocenters. The third-order valence-electron chi connectivity index (χ3n) is 2.82. The van der Waals surface area contributed by atoms with Crippen LogP contribution in [-0.4, -0.2) is 14.8 Å². The SMILES string of the molecule is CCCn1ncc(Cl)c1C(NN)c1ncc(Br)cc1Br. The summed E-state index contributed by atoms with van der Waals surface area (Å²) in [5.74, 6) is 5.71. The molecule has 0 amide bonds. The molecule has 0 aliphatic heterocycles. The second kappa shape index (κ2) is 7.00. The normalized spacial score (nSPS) is 12.7. The maximum absolute atomic E-state index is 6.26. The molecular weight excluding hydrogens is 409 g/mol. The van der Waals surface area contributed by atoms with Crippen molar-refractivity contribution in [3.63, 3.8) is 0 Å². The highest BCUT2D eigenvalue weighted by molar-refractivity contribution is 9.11. The number of aromatic nitrogens is 3. The maximum Gasteiger partial charge on any atom is 0.107 e. The van der Waals surface area contributed by atoms with Gasteiger partial charge in [0.25, 0.3) is 0 Å². The number of nitrogens with zero attached hydrogens (tertiary/aromatic N) is 3. The molecule has 0 radical (unpaired) electrons. The van der Waals surface area contributed by atoms with E-state index in [2.05, 4.69) is 54.3 Å². The summed E-state index contributed by atoms with van der Waals surface area (Å²) in [6, 6.07) is 1.58. The van der Waals surface area contributed by atoms with Gasteiger partial charge in [0.05, 0.1) is 22.6 Å². The summed E-state index contributed by atoms with van der Waals surface area (Å²) >= 11 is 13.1. The minimum Gasteiger partial charge on any atom is -0.270 e. The van der Waals surface area contributed by atoms with Gasteiger partial charge in [-0.1, -0.05) is 18.5 Å². The molecule has 0 aliphatic rings. The van der Waals surface area contributed by atoms with E-state index >= 15 is 0 Å². The van der Waals surface area contributed by atoms with Gasteiger partial charge in [-0.25, -0.2) is 5.43 Å². The Kier molecular flexibility index (Phi) is 5.57. The van der Waals surface area contributed by atoms with Crippen LogP contribution in [-0.2, 0) is 6.54 Å². The van der Waals surface area contributed by atoms with E-state index in [0.29, 0.717) is 5.02 Å². The quantitative estimate of drug-likeness (QED) is 0.571. The zero-order valence-electron chi connectivity index (χ0n) is 10.8. The number of aryl methyl sites for hydroxylation is 1. The molecule has 20 heavy (non-hydrogen) atoms. The first-order valence-corrected chi connectivity index (χ1v) is 8.03. The molecule has 5 nitrogen and oxygen atoms in total. The highest BCUT2D eigenvalue weighted by atomic mass is 79.9. The van der Waals surface area contributed by atoms with Gasteiger partial charge in [-0.3, -0.25) is 15.5 Å². The van der Waals surface area contributed by atoms with Crippen LogP contribution < -0.4 is 11.3 Å². The zero-order chi connectivity index (χ0) is 14.7. The van der Waals surface area contributed by atoms with E-state index in [4.69, 9.17) is 17.4 Å². The Balaban J connectivity index is 2.49.